The van der Waals surface area contributed by atoms with Crippen molar-refractivity contribution in [2.75, 3.05) is 18.6 Å². The van der Waals surface area contributed by atoms with Crippen LogP contribution in [0.25, 0.3) is 11.0 Å². The third-order valence-electron chi connectivity index (χ3n) is 8.56. The largest absolute Gasteiger partial charge is 0.373 e. The summed E-state index contributed by atoms with van der Waals surface area (Å²) in [5, 5.41) is 3.43. The van der Waals surface area contributed by atoms with E-state index in [9.17, 15) is 9.18 Å². The number of rotatable bonds is 8. The number of methoxy groups -OCH3 is 1. The molecular weight excluding hydrogens is 497 g/mol. The number of fused-ring (bicyclic) bond motifs is 1. The Balaban J connectivity index is 1.59. The Morgan fingerprint density at radius 1 is 1.14 bits per heavy atom. The molecule has 2 atom stereocenters. The Labute approximate surface area is 223 Å². The first-order valence-electron chi connectivity index (χ1n) is 13.8. The molecular formula is C28H39ClFN3O2S. The van der Waals surface area contributed by atoms with E-state index in [0.29, 0.717) is 17.4 Å². The summed E-state index contributed by atoms with van der Waals surface area (Å²) in [6, 6.07) is 2.89. The number of amides is 1. The summed E-state index contributed by atoms with van der Waals surface area (Å²) in [6.07, 6.45) is 12.9. The Morgan fingerprint density at radius 3 is 2.53 bits per heavy atom. The minimum Gasteiger partial charge on any atom is -0.373 e. The number of imidazole rings is 1. The molecule has 1 amide bonds. The molecule has 1 aromatic carbocycles. The molecule has 1 saturated heterocycles. The number of hydrogen-bond acceptors (Lipinski definition) is 4. The van der Waals surface area contributed by atoms with Gasteiger partial charge in [-0.25, -0.2) is 9.37 Å². The summed E-state index contributed by atoms with van der Waals surface area (Å²) in [4.78, 5) is 18.9. The molecule has 3 fully saturated rings. The standard InChI is InChI=1S/C28H39ClFN3O2S/c1-35-26(19-7-3-2-4-8-19)27-32-23-17-22(30)21(29)16-24(23)33(27)25(15-18-11-13-36-14-12-18)28(34)31-20-9-5-6-10-20/h16-20,25-26H,2-15H2,1H3,(H,31,34). The number of carbonyl (C=O) groups excluding carboxylic acids is 1. The van der Waals surface area contributed by atoms with Gasteiger partial charge >= 0.3 is 0 Å². The zero-order valence-corrected chi connectivity index (χ0v) is 22.9. The normalized spacial score (nSPS) is 22.2. The molecule has 0 bridgehead atoms. The highest BCUT2D eigenvalue weighted by Crippen LogP contribution is 2.41. The van der Waals surface area contributed by atoms with Crippen molar-refractivity contribution in [2.45, 2.75) is 95.2 Å². The lowest BCUT2D eigenvalue weighted by Crippen LogP contribution is -2.40. The number of nitrogens with one attached hydrogen (secondary N) is 1. The lowest BCUT2D eigenvalue weighted by molar-refractivity contribution is -0.125. The number of aromatic nitrogens is 2. The second-order valence-electron chi connectivity index (χ2n) is 10.9. The highest BCUT2D eigenvalue weighted by atomic mass is 35.5. The third-order valence-corrected chi connectivity index (χ3v) is 9.90. The fourth-order valence-electron chi connectivity index (χ4n) is 6.58. The Bertz CT molecular complexity index is 1050. The van der Waals surface area contributed by atoms with E-state index in [1.165, 1.54) is 25.3 Å². The predicted octanol–water partition coefficient (Wildman–Crippen LogP) is 7.23. The van der Waals surface area contributed by atoms with Crippen LogP contribution in [0, 0.1) is 17.7 Å². The minimum absolute atomic E-state index is 0.0552. The molecule has 8 heteroatoms. The third kappa shape index (κ3) is 5.73. The van der Waals surface area contributed by atoms with Gasteiger partial charge in [-0.15, -0.1) is 0 Å². The first-order chi connectivity index (χ1) is 17.5. The van der Waals surface area contributed by atoms with Crippen LogP contribution < -0.4 is 5.32 Å². The number of thioether (sulfide) groups is 1. The van der Waals surface area contributed by atoms with E-state index in [4.69, 9.17) is 21.3 Å². The summed E-state index contributed by atoms with van der Waals surface area (Å²) in [5.74, 6) is 3.41. The van der Waals surface area contributed by atoms with Gasteiger partial charge in [-0.1, -0.05) is 43.7 Å². The maximum Gasteiger partial charge on any atom is 0.243 e. The summed E-state index contributed by atoms with van der Waals surface area (Å²) < 4.78 is 22.7. The van der Waals surface area contributed by atoms with Crippen molar-refractivity contribution in [3.05, 3.63) is 28.8 Å². The summed E-state index contributed by atoms with van der Waals surface area (Å²) >= 11 is 8.29. The molecule has 2 heterocycles. The average molecular weight is 536 g/mol. The van der Waals surface area contributed by atoms with Crippen molar-refractivity contribution < 1.29 is 13.9 Å². The second-order valence-corrected chi connectivity index (χ2v) is 12.6. The van der Waals surface area contributed by atoms with E-state index < -0.39 is 11.9 Å². The molecule has 1 aromatic heterocycles. The minimum atomic E-state index is -0.483. The van der Waals surface area contributed by atoms with E-state index in [2.05, 4.69) is 9.88 Å². The lowest BCUT2D eigenvalue weighted by Gasteiger charge is -2.33. The van der Waals surface area contributed by atoms with Gasteiger partial charge in [0.25, 0.3) is 0 Å². The molecule has 2 saturated carbocycles. The Kier molecular flexibility index (Phi) is 8.79. The van der Waals surface area contributed by atoms with Gasteiger partial charge in [0.1, 0.15) is 23.8 Å². The van der Waals surface area contributed by atoms with Gasteiger partial charge in [-0.05, 0) is 74.4 Å². The topological polar surface area (TPSA) is 56.2 Å². The molecule has 5 rings (SSSR count). The average Bonchev–Trinajstić information content (AvgIpc) is 3.53. The second kappa shape index (κ2) is 12.0. The number of carbonyl (C=O) groups is 1. The molecule has 0 radical (unpaired) electrons. The van der Waals surface area contributed by atoms with E-state index in [1.54, 1.807) is 13.2 Å². The van der Waals surface area contributed by atoms with Crippen LogP contribution >= 0.6 is 23.4 Å². The van der Waals surface area contributed by atoms with Crippen LogP contribution in [0.1, 0.15) is 95.0 Å². The Morgan fingerprint density at radius 2 is 1.83 bits per heavy atom. The molecule has 2 aromatic rings. The lowest BCUT2D eigenvalue weighted by atomic mass is 9.84. The van der Waals surface area contributed by atoms with Gasteiger partial charge in [-0.3, -0.25) is 4.79 Å². The molecule has 3 aliphatic rings. The first-order valence-corrected chi connectivity index (χ1v) is 15.4. The van der Waals surface area contributed by atoms with Crippen molar-refractivity contribution in [3.63, 3.8) is 0 Å². The van der Waals surface area contributed by atoms with Crippen molar-refractivity contribution >= 4 is 40.3 Å². The van der Waals surface area contributed by atoms with Crippen LogP contribution in [-0.2, 0) is 9.53 Å². The number of nitrogens with zero attached hydrogens (tertiary/aromatic N) is 2. The number of halogens is 2. The fraction of sp³-hybridized carbons (Fsp3) is 0.714. The van der Waals surface area contributed by atoms with E-state index in [-0.39, 0.29) is 23.1 Å². The maximum atomic E-state index is 14.5. The molecule has 2 unspecified atom stereocenters. The van der Waals surface area contributed by atoms with Crippen LogP contribution in [0.2, 0.25) is 5.02 Å². The molecule has 36 heavy (non-hydrogen) atoms. The highest BCUT2D eigenvalue weighted by Gasteiger charge is 2.36. The van der Waals surface area contributed by atoms with Gasteiger partial charge < -0.3 is 14.6 Å². The SMILES string of the molecule is COC(c1nc2cc(F)c(Cl)cc2n1C(CC1CCSCC1)C(=O)NC1CCCC1)C1CCCCC1. The first kappa shape index (κ1) is 26.3. The highest BCUT2D eigenvalue weighted by molar-refractivity contribution is 7.99. The number of hydrogen-bond donors (Lipinski definition) is 1. The van der Waals surface area contributed by atoms with Crippen molar-refractivity contribution in [2.24, 2.45) is 11.8 Å². The van der Waals surface area contributed by atoms with Crippen molar-refractivity contribution in [3.8, 4) is 0 Å². The van der Waals surface area contributed by atoms with Gasteiger partial charge in [0.15, 0.2) is 0 Å². The van der Waals surface area contributed by atoms with E-state index in [0.717, 1.165) is 80.6 Å². The number of benzene rings is 1. The van der Waals surface area contributed by atoms with E-state index in [1.807, 2.05) is 11.8 Å². The van der Waals surface area contributed by atoms with Crippen molar-refractivity contribution in [1.29, 1.82) is 0 Å². The molecule has 1 aliphatic heterocycles. The maximum absolute atomic E-state index is 14.5. The van der Waals surface area contributed by atoms with Crippen LogP contribution in [0.3, 0.4) is 0 Å². The Hall–Kier alpha value is -1.31. The molecule has 2 aliphatic carbocycles. The van der Waals surface area contributed by atoms with Gasteiger partial charge in [0, 0.05) is 19.2 Å². The zero-order valence-electron chi connectivity index (χ0n) is 21.3. The quantitative estimate of drug-likeness (QED) is 0.387. The summed E-state index contributed by atoms with van der Waals surface area (Å²) in [5.41, 5.74) is 1.27. The molecule has 1 N–H and O–H groups in total. The molecule has 198 valence electrons. The van der Waals surface area contributed by atoms with Gasteiger partial charge in [0.2, 0.25) is 5.91 Å². The molecule has 5 nitrogen and oxygen atoms in total. The smallest absolute Gasteiger partial charge is 0.243 e. The summed E-state index contributed by atoms with van der Waals surface area (Å²) in [7, 11) is 1.74. The van der Waals surface area contributed by atoms with E-state index >= 15 is 0 Å². The van der Waals surface area contributed by atoms with Crippen molar-refractivity contribution in [1.82, 2.24) is 14.9 Å². The fourth-order valence-corrected chi connectivity index (χ4v) is 7.94. The molecule has 0 spiro atoms. The van der Waals surface area contributed by atoms with Crippen LogP contribution in [0.4, 0.5) is 4.39 Å². The zero-order chi connectivity index (χ0) is 25.1. The van der Waals surface area contributed by atoms with Crippen LogP contribution in [-0.4, -0.2) is 40.1 Å². The monoisotopic (exact) mass is 535 g/mol. The number of ether oxygens (including phenoxy) is 1. The summed E-state index contributed by atoms with van der Waals surface area (Å²) in [6.45, 7) is 0. The van der Waals surface area contributed by atoms with Crippen LogP contribution in [0.15, 0.2) is 12.1 Å². The predicted molar refractivity (Wildman–Crippen MR) is 145 cm³/mol. The van der Waals surface area contributed by atoms with Gasteiger partial charge in [0.05, 0.1) is 16.1 Å². The van der Waals surface area contributed by atoms with Gasteiger partial charge in [-0.2, -0.15) is 11.8 Å². The van der Waals surface area contributed by atoms with Crippen LogP contribution in [0.5, 0.6) is 0 Å².